The summed E-state index contributed by atoms with van der Waals surface area (Å²) in [5.74, 6) is -0.315. The van der Waals surface area contributed by atoms with E-state index in [1.807, 2.05) is 13.8 Å². The lowest BCUT2D eigenvalue weighted by molar-refractivity contribution is -0.0644. The van der Waals surface area contributed by atoms with Gasteiger partial charge in [-0.25, -0.2) is 4.57 Å². The Morgan fingerprint density at radius 3 is 2.88 bits per heavy atom. The van der Waals surface area contributed by atoms with E-state index in [0.717, 1.165) is 0 Å². The summed E-state index contributed by atoms with van der Waals surface area (Å²) in [6.07, 6.45) is 0.240. The van der Waals surface area contributed by atoms with Crippen LogP contribution in [0, 0.1) is 5.92 Å². The van der Waals surface area contributed by atoms with E-state index in [1.54, 1.807) is 0 Å². The zero-order chi connectivity index (χ0) is 11.9. The number of phosphoric ester groups is 1. The molecule has 1 N–H and O–H groups in total. The van der Waals surface area contributed by atoms with Crippen LogP contribution in [0.15, 0.2) is 0 Å². The van der Waals surface area contributed by atoms with Crippen LogP contribution in [0.2, 0.25) is 5.82 Å². The van der Waals surface area contributed by atoms with E-state index >= 15 is 0 Å². The summed E-state index contributed by atoms with van der Waals surface area (Å²) in [6, 6.07) is 0. The molecule has 2 aliphatic rings. The van der Waals surface area contributed by atoms with Gasteiger partial charge in [0.2, 0.25) is 0 Å². The van der Waals surface area contributed by atoms with Gasteiger partial charge in [-0.2, -0.15) is 0 Å². The summed E-state index contributed by atoms with van der Waals surface area (Å²) < 4.78 is 26.8. The van der Waals surface area contributed by atoms with Crippen molar-refractivity contribution in [3.8, 4) is 0 Å². The summed E-state index contributed by atoms with van der Waals surface area (Å²) >= 11 is 0. The minimum Gasteiger partial charge on any atom is -0.375 e. The van der Waals surface area contributed by atoms with Crippen LogP contribution in [0.1, 0.15) is 20.3 Å². The average Bonchev–Trinajstić information content (AvgIpc) is 2.40. The third-order valence-electron chi connectivity index (χ3n) is 2.96. The highest BCUT2D eigenvalue weighted by atomic mass is 31.2. The molecular weight excluding hydrogens is 230 g/mol. The molecule has 1 aliphatic carbocycles. The van der Waals surface area contributed by atoms with Gasteiger partial charge in [0.1, 0.15) is 0 Å². The standard InChI is InChI=1S/C9H16BO5P/c1-5(2)14-8-3-7(10)9-6(8)4-13-16(11,12)15-9/h5-9H,3-4H2,1-2H3,(H,11,12)/t6-,7+,8?,9?/m1/s1. The fraction of sp³-hybridized carbons (Fsp3) is 1.00. The van der Waals surface area contributed by atoms with Crippen molar-refractivity contribution >= 4 is 15.7 Å². The van der Waals surface area contributed by atoms with Crippen LogP contribution in [0.5, 0.6) is 0 Å². The van der Waals surface area contributed by atoms with Gasteiger partial charge < -0.3 is 9.63 Å². The minimum atomic E-state index is -3.89. The van der Waals surface area contributed by atoms with Gasteiger partial charge >= 0.3 is 7.82 Å². The molecule has 0 bridgehead atoms. The normalized spacial score (nSPS) is 48.2. The number of ether oxygens (including phenoxy) is 1. The Morgan fingerprint density at radius 2 is 2.25 bits per heavy atom. The lowest BCUT2D eigenvalue weighted by atomic mass is 9.83. The number of hydrogen-bond donors (Lipinski definition) is 1. The molecule has 3 unspecified atom stereocenters. The van der Waals surface area contributed by atoms with Gasteiger partial charge in [0, 0.05) is 5.92 Å². The van der Waals surface area contributed by atoms with Crippen LogP contribution >= 0.6 is 7.82 Å². The molecule has 5 nitrogen and oxygen atoms in total. The Balaban J connectivity index is 2.06. The van der Waals surface area contributed by atoms with Crippen LogP contribution < -0.4 is 0 Å². The lowest BCUT2D eigenvalue weighted by Gasteiger charge is -2.32. The molecule has 16 heavy (non-hydrogen) atoms. The quantitative estimate of drug-likeness (QED) is 0.587. The van der Waals surface area contributed by atoms with E-state index in [9.17, 15) is 9.46 Å². The Bertz CT molecular complexity index is 310. The van der Waals surface area contributed by atoms with Crippen molar-refractivity contribution < 1.29 is 23.2 Å². The molecule has 0 aromatic heterocycles. The van der Waals surface area contributed by atoms with Gasteiger partial charge in [-0.15, -0.1) is 0 Å². The topological polar surface area (TPSA) is 65.0 Å². The molecule has 7 heteroatoms. The number of fused-ring (bicyclic) bond motifs is 1. The van der Waals surface area contributed by atoms with Gasteiger partial charge in [0.25, 0.3) is 0 Å². The molecule has 0 spiro atoms. The summed E-state index contributed by atoms with van der Waals surface area (Å²) in [4.78, 5) is 9.22. The second-order valence-corrected chi connectivity index (χ2v) is 6.03. The monoisotopic (exact) mass is 246 g/mol. The zero-order valence-electron chi connectivity index (χ0n) is 9.41. The van der Waals surface area contributed by atoms with Gasteiger partial charge in [0.15, 0.2) is 0 Å². The smallest absolute Gasteiger partial charge is 0.375 e. The molecule has 0 aromatic rings. The maximum atomic E-state index is 11.3. The van der Waals surface area contributed by atoms with Crippen LogP contribution in [0.25, 0.3) is 0 Å². The maximum Gasteiger partial charge on any atom is 0.472 e. The average molecular weight is 246 g/mol. The van der Waals surface area contributed by atoms with E-state index in [-0.39, 0.29) is 30.5 Å². The Morgan fingerprint density at radius 1 is 1.56 bits per heavy atom. The summed E-state index contributed by atoms with van der Waals surface area (Å²) in [6.45, 7) is 4.06. The predicted molar refractivity (Wildman–Crippen MR) is 58.3 cm³/mol. The van der Waals surface area contributed by atoms with Gasteiger partial charge in [-0.3, -0.25) is 9.05 Å². The molecule has 1 saturated heterocycles. The maximum absolute atomic E-state index is 11.3. The Kier molecular flexibility index (Phi) is 3.48. The molecule has 2 radical (unpaired) electrons. The minimum absolute atomic E-state index is 0.0494. The lowest BCUT2D eigenvalue weighted by Crippen LogP contribution is -2.36. The first kappa shape index (κ1) is 12.6. The highest BCUT2D eigenvalue weighted by molar-refractivity contribution is 7.47. The summed E-state index contributed by atoms with van der Waals surface area (Å²) in [7, 11) is 1.99. The van der Waals surface area contributed by atoms with E-state index in [4.69, 9.17) is 21.6 Å². The first-order valence-corrected chi connectivity index (χ1v) is 6.95. The fourth-order valence-electron chi connectivity index (χ4n) is 2.34. The van der Waals surface area contributed by atoms with Crippen LogP contribution in [-0.4, -0.2) is 37.7 Å². The molecule has 1 saturated carbocycles. The van der Waals surface area contributed by atoms with E-state index in [1.165, 1.54) is 0 Å². The van der Waals surface area contributed by atoms with Crippen molar-refractivity contribution in [1.82, 2.24) is 0 Å². The van der Waals surface area contributed by atoms with Crippen molar-refractivity contribution in [3.05, 3.63) is 0 Å². The van der Waals surface area contributed by atoms with Crippen molar-refractivity contribution in [3.63, 3.8) is 0 Å². The third kappa shape index (κ3) is 2.52. The molecule has 1 aliphatic heterocycles. The molecular formula is C9H16BO5P. The SMILES string of the molecule is [B][C@H]1CC(OC(C)C)[C@H]2COP(=O)(O)OC21. The molecule has 1 heterocycles. The van der Waals surface area contributed by atoms with Crippen LogP contribution in [-0.2, 0) is 18.3 Å². The fourth-order valence-corrected chi connectivity index (χ4v) is 3.38. The molecule has 5 atom stereocenters. The molecule has 2 rings (SSSR count). The summed E-state index contributed by atoms with van der Waals surface area (Å²) in [5, 5.41) is 0. The Labute approximate surface area is 96.5 Å². The van der Waals surface area contributed by atoms with Crippen molar-refractivity contribution in [2.24, 2.45) is 5.92 Å². The van der Waals surface area contributed by atoms with Gasteiger partial charge in [0.05, 0.1) is 32.8 Å². The van der Waals surface area contributed by atoms with Gasteiger partial charge in [-0.1, -0.05) is 0 Å². The van der Waals surface area contributed by atoms with E-state index < -0.39 is 13.9 Å². The van der Waals surface area contributed by atoms with Crippen molar-refractivity contribution in [2.45, 2.75) is 44.4 Å². The van der Waals surface area contributed by atoms with E-state index in [2.05, 4.69) is 0 Å². The van der Waals surface area contributed by atoms with E-state index in [0.29, 0.717) is 6.42 Å². The predicted octanol–water partition coefficient (Wildman–Crippen LogP) is 1.27. The van der Waals surface area contributed by atoms with Crippen molar-refractivity contribution in [1.29, 1.82) is 0 Å². The molecule has 0 aromatic carbocycles. The zero-order valence-corrected chi connectivity index (χ0v) is 10.3. The third-order valence-corrected chi connectivity index (χ3v) is 3.94. The molecule has 90 valence electrons. The molecule has 2 fully saturated rings. The Hall–Kier alpha value is 0.135. The number of phosphoric acid groups is 1. The first-order valence-electron chi connectivity index (χ1n) is 5.46. The molecule has 0 amide bonds. The highest BCUT2D eigenvalue weighted by Crippen LogP contribution is 2.55. The number of rotatable bonds is 2. The second-order valence-electron chi connectivity index (χ2n) is 4.62. The number of hydrogen-bond acceptors (Lipinski definition) is 4. The van der Waals surface area contributed by atoms with Crippen LogP contribution in [0.4, 0.5) is 0 Å². The van der Waals surface area contributed by atoms with Crippen LogP contribution in [0.3, 0.4) is 0 Å². The largest absolute Gasteiger partial charge is 0.472 e. The van der Waals surface area contributed by atoms with Gasteiger partial charge in [-0.05, 0) is 26.1 Å². The summed E-state index contributed by atoms with van der Waals surface area (Å²) in [5.41, 5.74) is 0. The first-order chi connectivity index (χ1) is 7.39. The van der Waals surface area contributed by atoms with Crippen molar-refractivity contribution in [2.75, 3.05) is 6.61 Å². The highest BCUT2D eigenvalue weighted by Gasteiger charge is 2.49. The second kappa shape index (κ2) is 4.43.